The van der Waals surface area contributed by atoms with Crippen LogP contribution in [0.5, 0.6) is 0 Å². The van der Waals surface area contributed by atoms with Crippen LogP contribution in [-0.4, -0.2) is 0 Å². The maximum Gasteiger partial charge on any atom is 0.0181 e. The summed E-state index contributed by atoms with van der Waals surface area (Å²) in [6.45, 7) is 6.45. The molecular weight excluding hydrogens is 260 g/mol. The quantitative estimate of drug-likeness (QED) is 0.683. The van der Waals surface area contributed by atoms with E-state index in [1.54, 1.807) is 0 Å². The molecule has 2 aromatic rings. The van der Waals surface area contributed by atoms with Crippen molar-refractivity contribution in [1.29, 1.82) is 0 Å². The first kappa shape index (κ1) is 11.4. The Morgan fingerprint density at radius 2 is 1.44 bits per heavy atom. The summed E-state index contributed by atoms with van der Waals surface area (Å²) in [5, 5.41) is 0. The molecule has 2 rings (SSSR count). The molecule has 0 spiro atoms. The Balaban J connectivity index is 2.58. The first-order chi connectivity index (χ1) is 7.58. The number of aryl methyl sites for hydroxylation is 3. The number of benzene rings is 2. The third-order valence-electron chi connectivity index (χ3n) is 3.02. The van der Waals surface area contributed by atoms with Gasteiger partial charge in [-0.1, -0.05) is 40.2 Å². The van der Waals surface area contributed by atoms with Gasteiger partial charge in [0.15, 0.2) is 0 Å². The molecule has 0 bridgehead atoms. The zero-order valence-electron chi connectivity index (χ0n) is 9.84. The van der Waals surface area contributed by atoms with E-state index >= 15 is 0 Å². The lowest BCUT2D eigenvalue weighted by atomic mass is 9.97. The summed E-state index contributed by atoms with van der Waals surface area (Å²) in [6.07, 6.45) is 0. The van der Waals surface area contributed by atoms with Gasteiger partial charge in [0, 0.05) is 4.47 Å². The van der Waals surface area contributed by atoms with Gasteiger partial charge in [-0.3, -0.25) is 0 Å². The Labute approximate surface area is 105 Å². The van der Waals surface area contributed by atoms with Gasteiger partial charge in [0.2, 0.25) is 0 Å². The third-order valence-corrected chi connectivity index (χ3v) is 3.51. The molecule has 0 atom stereocenters. The molecule has 0 aliphatic heterocycles. The lowest BCUT2D eigenvalue weighted by Crippen LogP contribution is -1.86. The van der Waals surface area contributed by atoms with Crippen LogP contribution in [0.25, 0.3) is 11.1 Å². The van der Waals surface area contributed by atoms with Crippen LogP contribution in [0.3, 0.4) is 0 Å². The molecule has 0 aliphatic rings. The van der Waals surface area contributed by atoms with E-state index in [1.165, 1.54) is 27.8 Å². The molecule has 82 valence electrons. The topological polar surface area (TPSA) is 0 Å². The molecule has 0 fully saturated rings. The molecule has 0 amide bonds. The molecule has 0 N–H and O–H groups in total. The molecule has 2 aromatic carbocycles. The van der Waals surface area contributed by atoms with E-state index in [0.717, 1.165) is 4.47 Å². The maximum atomic E-state index is 3.53. The van der Waals surface area contributed by atoms with Gasteiger partial charge in [-0.25, -0.2) is 0 Å². The molecule has 0 unspecified atom stereocenters. The summed E-state index contributed by atoms with van der Waals surface area (Å²) in [4.78, 5) is 0. The highest BCUT2D eigenvalue weighted by molar-refractivity contribution is 9.10. The van der Waals surface area contributed by atoms with Gasteiger partial charge >= 0.3 is 0 Å². The fourth-order valence-electron chi connectivity index (χ4n) is 1.81. The van der Waals surface area contributed by atoms with Crippen molar-refractivity contribution in [2.45, 2.75) is 20.8 Å². The Bertz CT molecular complexity index is 527. The van der Waals surface area contributed by atoms with Crippen molar-refractivity contribution >= 4 is 15.9 Å². The molecule has 0 aliphatic carbocycles. The summed E-state index contributed by atoms with van der Waals surface area (Å²) in [5.41, 5.74) is 6.60. The van der Waals surface area contributed by atoms with Crippen LogP contribution in [0.4, 0.5) is 0 Å². The number of hydrogen-bond acceptors (Lipinski definition) is 0. The van der Waals surface area contributed by atoms with Gasteiger partial charge in [0.05, 0.1) is 0 Å². The van der Waals surface area contributed by atoms with E-state index in [0.29, 0.717) is 0 Å². The van der Waals surface area contributed by atoms with Crippen molar-refractivity contribution in [3.8, 4) is 11.1 Å². The predicted molar refractivity (Wildman–Crippen MR) is 73.8 cm³/mol. The average Bonchev–Trinajstić information content (AvgIpc) is 2.26. The van der Waals surface area contributed by atoms with Gasteiger partial charge in [0.25, 0.3) is 0 Å². The average molecular weight is 275 g/mol. The number of rotatable bonds is 1. The van der Waals surface area contributed by atoms with E-state index < -0.39 is 0 Å². The fraction of sp³-hybridized carbons (Fsp3) is 0.200. The Morgan fingerprint density at radius 1 is 0.750 bits per heavy atom. The van der Waals surface area contributed by atoms with E-state index in [-0.39, 0.29) is 0 Å². The molecule has 16 heavy (non-hydrogen) atoms. The zero-order valence-corrected chi connectivity index (χ0v) is 11.4. The van der Waals surface area contributed by atoms with Crippen LogP contribution >= 0.6 is 15.9 Å². The first-order valence-electron chi connectivity index (χ1n) is 5.42. The van der Waals surface area contributed by atoms with E-state index in [1.807, 2.05) is 0 Å². The van der Waals surface area contributed by atoms with Crippen molar-refractivity contribution in [1.82, 2.24) is 0 Å². The van der Waals surface area contributed by atoms with E-state index in [4.69, 9.17) is 0 Å². The van der Waals surface area contributed by atoms with Gasteiger partial charge in [-0.05, 0) is 60.7 Å². The largest absolute Gasteiger partial charge is 0.0584 e. The van der Waals surface area contributed by atoms with E-state index in [2.05, 4.69) is 73.1 Å². The van der Waals surface area contributed by atoms with Crippen LogP contribution < -0.4 is 0 Å². The summed E-state index contributed by atoms with van der Waals surface area (Å²) < 4.78 is 1.13. The van der Waals surface area contributed by atoms with Crippen molar-refractivity contribution in [3.05, 3.63) is 57.6 Å². The fourth-order valence-corrected chi connectivity index (χ4v) is 2.18. The minimum absolute atomic E-state index is 1.13. The lowest BCUT2D eigenvalue weighted by Gasteiger charge is -2.09. The second-order valence-electron chi connectivity index (χ2n) is 4.26. The van der Waals surface area contributed by atoms with Crippen molar-refractivity contribution in [2.75, 3.05) is 0 Å². The molecular formula is C15H15Br. The van der Waals surface area contributed by atoms with Gasteiger partial charge in [-0.15, -0.1) is 0 Å². The number of halogens is 1. The minimum atomic E-state index is 1.13. The second-order valence-corrected chi connectivity index (χ2v) is 5.17. The van der Waals surface area contributed by atoms with Crippen molar-refractivity contribution in [3.63, 3.8) is 0 Å². The van der Waals surface area contributed by atoms with E-state index in [9.17, 15) is 0 Å². The molecule has 1 heteroatoms. The van der Waals surface area contributed by atoms with Crippen LogP contribution in [0.1, 0.15) is 16.7 Å². The molecule has 0 heterocycles. The predicted octanol–water partition coefficient (Wildman–Crippen LogP) is 5.04. The standard InChI is InChI=1S/C15H15Br/c1-10-4-6-13(8-12(10)3)15-9-14(16)7-5-11(15)2/h4-9H,1-3H3. The summed E-state index contributed by atoms with van der Waals surface area (Å²) in [5.74, 6) is 0. The minimum Gasteiger partial charge on any atom is -0.0584 e. The van der Waals surface area contributed by atoms with Crippen LogP contribution in [0.2, 0.25) is 0 Å². The normalized spacial score (nSPS) is 10.5. The highest BCUT2D eigenvalue weighted by Gasteiger charge is 2.03. The number of hydrogen-bond donors (Lipinski definition) is 0. The summed E-state index contributed by atoms with van der Waals surface area (Å²) >= 11 is 3.53. The second kappa shape index (κ2) is 4.42. The first-order valence-corrected chi connectivity index (χ1v) is 6.21. The monoisotopic (exact) mass is 274 g/mol. The van der Waals surface area contributed by atoms with Gasteiger partial charge < -0.3 is 0 Å². The highest BCUT2D eigenvalue weighted by atomic mass is 79.9. The van der Waals surface area contributed by atoms with Crippen molar-refractivity contribution < 1.29 is 0 Å². The Kier molecular flexibility index (Phi) is 3.15. The van der Waals surface area contributed by atoms with Crippen molar-refractivity contribution in [2.24, 2.45) is 0 Å². The van der Waals surface area contributed by atoms with Crippen LogP contribution in [-0.2, 0) is 0 Å². The van der Waals surface area contributed by atoms with Gasteiger partial charge in [-0.2, -0.15) is 0 Å². The van der Waals surface area contributed by atoms with Crippen LogP contribution in [0.15, 0.2) is 40.9 Å². The third kappa shape index (κ3) is 2.19. The van der Waals surface area contributed by atoms with Crippen LogP contribution in [0, 0.1) is 20.8 Å². The molecule has 0 saturated carbocycles. The summed E-state index contributed by atoms with van der Waals surface area (Å²) in [6, 6.07) is 13.0. The molecule has 0 saturated heterocycles. The highest BCUT2D eigenvalue weighted by Crippen LogP contribution is 2.28. The summed E-state index contributed by atoms with van der Waals surface area (Å²) in [7, 11) is 0. The Morgan fingerprint density at radius 3 is 2.12 bits per heavy atom. The lowest BCUT2D eigenvalue weighted by molar-refractivity contribution is 1.33. The smallest absolute Gasteiger partial charge is 0.0181 e. The maximum absolute atomic E-state index is 3.53. The molecule has 0 aromatic heterocycles. The molecule has 0 nitrogen and oxygen atoms in total. The van der Waals surface area contributed by atoms with Gasteiger partial charge in [0.1, 0.15) is 0 Å². The molecule has 0 radical (unpaired) electrons. The Hall–Kier alpha value is -1.08. The SMILES string of the molecule is Cc1ccc(-c2cc(Br)ccc2C)cc1C. The zero-order chi connectivity index (χ0) is 11.7.